The second-order valence-electron chi connectivity index (χ2n) is 5.86. The van der Waals surface area contributed by atoms with Gasteiger partial charge in [-0.05, 0) is 49.6 Å². The van der Waals surface area contributed by atoms with E-state index in [1.807, 2.05) is 38.1 Å². The fourth-order valence-corrected chi connectivity index (χ4v) is 2.84. The van der Waals surface area contributed by atoms with Gasteiger partial charge in [0, 0.05) is 5.39 Å². The summed E-state index contributed by atoms with van der Waals surface area (Å²) < 4.78 is 0. The maximum atomic E-state index is 12.0. The summed E-state index contributed by atoms with van der Waals surface area (Å²) in [5.74, 6) is -0.0680. The molecule has 1 aromatic heterocycles. The third kappa shape index (κ3) is 2.76. The first kappa shape index (κ1) is 16.4. The second kappa shape index (κ2) is 6.21. The van der Waals surface area contributed by atoms with E-state index in [2.05, 4.69) is 15.2 Å². The molecule has 2 aromatic carbocycles. The summed E-state index contributed by atoms with van der Waals surface area (Å²) in [5.41, 5.74) is 3.38. The number of hydrogen-bond acceptors (Lipinski definition) is 5. The number of aromatic hydroxyl groups is 1. The number of nitriles is 1. The zero-order valence-corrected chi connectivity index (χ0v) is 14.1. The Morgan fingerprint density at radius 1 is 1.04 bits per heavy atom. The first-order valence-corrected chi connectivity index (χ1v) is 7.70. The van der Waals surface area contributed by atoms with Gasteiger partial charge in [-0.1, -0.05) is 18.2 Å². The van der Waals surface area contributed by atoms with E-state index in [0.29, 0.717) is 16.5 Å². The van der Waals surface area contributed by atoms with Crippen molar-refractivity contribution < 1.29 is 5.11 Å². The van der Waals surface area contributed by atoms with Gasteiger partial charge in [0.25, 0.3) is 5.56 Å². The van der Waals surface area contributed by atoms with Gasteiger partial charge >= 0.3 is 0 Å². The van der Waals surface area contributed by atoms with Gasteiger partial charge < -0.3 is 10.1 Å². The summed E-state index contributed by atoms with van der Waals surface area (Å²) in [7, 11) is 0. The molecule has 3 rings (SSSR count). The van der Waals surface area contributed by atoms with Crippen molar-refractivity contribution in [2.24, 2.45) is 10.2 Å². The molecule has 0 bridgehead atoms. The van der Waals surface area contributed by atoms with Crippen LogP contribution in [-0.2, 0) is 0 Å². The molecule has 0 aliphatic heterocycles. The fraction of sp³-hybridized carbons (Fsp3) is 0.158. The Balaban J connectivity index is 2.30. The Kier molecular flexibility index (Phi) is 4.07. The summed E-state index contributed by atoms with van der Waals surface area (Å²) in [6.45, 7) is 5.52. The lowest BCUT2D eigenvalue weighted by molar-refractivity contribution is 0.477. The molecule has 0 unspecified atom stereocenters. The average molecular weight is 332 g/mol. The standard InChI is InChI=1S/C19H16N4O2/c1-10-5-4-6-11(2)17(10)22-23-18-15(24)8-7-14-16(18)12(3)13(9-20)19(25)21-14/h4-8,24H,1-3H3,(H,21,25). The highest BCUT2D eigenvalue weighted by molar-refractivity contribution is 5.96. The van der Waals surface area contributed by atoms with E-state index >= 15 is 0 Å². The van der Waals surface area contributed by atoms with Crippen LogP contribution in [0.3, 0.4) is 0 Å². The van der Waals surface area contributed by atoms with Crippen LogP contribution in [-0.4, -0.2) is 10.1 Å². The highest BCUT2D eigenvalue weighted by atomic mass is 16.3. The molecule has 3 aromatic rings. The zero-order valence-electron chi connectivity index (χ0n) is 14.1. The molecular weight excluding hydrogens is 316 g/mol. The van der Waals surface area contributed by atoms with Crippen molar-refractivity contribution in [1.82, 2.24) is 4.98 Å². The third-order valence-corrected chi connectivity index (χ3v) is 4.18. The van der Waals surface area contributed by atoms with E-state index in [0.717, 1.165) is 16.8 Å². The first-order valence-electron chi connectivity index (χ1n) is 7.70. The van der Waals surface area contributed by atoms with Gasteiger partial charge in [-0.25, -0.2) is 0 Å². The Morgan fingerprint density at radius 3 is 2.32 bits per heavy atom. The SMILES string of the molecule is Cc1cccc(C)c1N=Nc1c(O)ccc2[nH]c(=O)c(C#N)c(C)c12. The number of aryl methyl sites for hydroxylation is 3. The predicted molar refractivity (Wildman–Crippen MR) is 95.8 cm³/mol. The van der Waals surface area contributed by atoms with Crippen LogP contribution in [0.2, 0.25) is 0 Å². The lowest BCUT2D eigenvalue weighted by atomic mass is 10.0. The van der Waals surface area contributed by atoms with Crippen molar-refractivity contribution in [2.45, 2.75) is 20.8 Å². The normalized spacial score (nSPS) is 11.1. The van der Waals surface area contributed by atoms with E-state index < -0.39 is 5.56 Å². The molecule has 0 fully saturated rings. The maximum Gasteiger partial charge on any atom is 0.266 e. The fourth-order valence-electron chi connectivity index (χ4n) is 2.84. The largest absolute Gasteiger partial charge is 0.506 e. The first-order chi connectivity index (χ1) is 11.9. The summed E-state index contributed by atoms with van der Waals surface area (Å²) in [6.07, 6.45) is 0. The lowest BCUT2D eigenvalue weighted by Crippen LogP contribution is -2.12. The van der Waals surface area contributed by atoms with Gasteiger partial charge in [-0.2, -0.15) is 5.26 Å². The summed E-state index contributed by atoms with van der Waals surface area (Å²) in [5, 5.41) is 28.5. The number of benzene rings is 2. The molecule has 6 nitrogen and oxygen atoms in total. The number of hydrogen-bond donors (Lipinski definition) is 2. The van der Waals surface area contributed by atoms with Crippen molar-refractivity contribution in [2.75, 3.05) is 0 Å². The molecule has 1 heterocycles. The number of aromatic amines is 1. The van der Waals surface area contributed by atoms with Crippen LogP contribution in [0.5, 0.6) is 5.75 Å². The van der Waals surface area contributed by atoms with E-state index in [1.165, 1.54) is 6.07 Å². The number of nitrogens with one attached hydrogen (secondary N) is 1. The number of rotatable bonds is 2. The van der Waals surface area contributed by atoms with Crippen molar-refractivity contribution in [3.05, 3.63) is 62.9 Å². The van der Waals surface area contributed by atoms with E-state index in [9.17, 15) is 15.2 Å². The number of azo groups is 1. The number of fused-ring (bicyclic) bond motifs is 1. The van der Waals surface area contributed by atoms with Crippen LogP contribution in [0.25, 0.3) is 10.9 Å². The smallest absolute Gasteiger partial charge is 0.266 e. The van der Waals surface area contributed by atoms with Gasteiger partial charge in [0.1, 0.15) is 23.1 Å². The molecule has 25 heavy (non-hydrogen) atoms. The van der Waals surface area contributed by atoms with Gasteiger partial charge in [0.05, 0.1) is 11.2 Å². The summed E-state index contributed by atoms with van der Waals surface area (Å²) in [4.78, 5) is 14.6. The van der Waals surface area contributed by atoms with E-state index in [-0.39, 0.29) is 17.0 Å². The van der Waals surface area contributed by atoms with Crippen molar-refractivity contribution >= 4 is 22.3 Å². The van der Waals surface area contributed by atoms with Crippen molar-refractivity contribution in [1.29, 1.82) is 5.26 Å². The molecule has 0 radical (unpaired) electrons. The molecule has 0 saturated carbocycles. The number of phenols is 1. The summed E-state index contributed by atoms with van der Waals surface area (Å²) in [6, 6.07) is 10.7. The minimum Gasteiger partial charge on any atom is -0.506 e. The third-order valence-electron chi connectivity index (χ3n) is 4.18. The predicted octanol–water partition coefficient (Wildman–Crippen LogP) is 4.45. The minimum atomic E-state index is -0.462. The molecule has 0 spiro atoms. The van der Waals surface area contributed by atoms with Crippen LogP contribution < -0.4 is 5.56 Å². The monoisotopic (exact) mass is 332 g/mol. The van der Waals surface area contributed by atoms with Crippen LogP contribution in [0, 0.1) is 32.1 Å². The molecule has 0 aliphatic rings. The number of pyridine rings is 1. The van der Waals surface area contributed by atoms with Crippen molar-refractivity contribution in [3.63, 3.8) is 0 Å². The van der Waals surface area contributed by atoms with Crippen LogP contribution in [0.4, 0.5) is 11.4 Å². The highest BCUT2D eigenvalue weighted by Crippen LogP contribution is 2.38. The highest BCUT2D eigenvalue weighted by Gasteiger charge is 2.15. The lowest BCUT2D eigenvalue weighted by Gasteiger charge is -2.09. The average Bonchev–Trinajstić information content (AvgIpc) is 2.56. The molecule has 0 saturated heterocycles. The number of nitrogens with zero attached hydrogens (tertiary/aromatic N) is 3. The van der Waals surface area contributed by atoms with Crippen LogP contribution in [0.1, 0.15) is 22.3 Å². The van der Waals surface area contributed by atoms with E-state index in [4.69, 9.17) is 0 Å². The Hall–Kier alpha value is -3.46. The van der Waals surface area contributed by atoms with Crippen LogP contribution >= 0.6 is 0 Å². The Morgan fingerprint density at radius 2 is 1.68 bits per heavy atom. The molecular formula is C19H16N4O2. The Labute approximate surface area is 144 Å². The minimum absolute atomic E-state index is 0.00150. The number of H-pyrrole nitrogens is 1. The second-order valence-corrected chi connectivity index (χ2v) is 5.86. The van der Waals surface area contributed by atoms with Gasteiger partial charge in [0.15, 0.2) is 0 Å². The molecule has 124 valence electrons. The van der Waals surface area contributed by atoms with Crippen molar-refractivity contribution in [3.8, 4) is 11.8 Å². The molecule has 0 aliphatic carbocycles. The number of aromatic nitrogens is 1. The van der Waals surface area contributed by atoms with Gasteiger partial charge in [-0.15, -0.1) is 10.2 Å². The quantitative estimate of drug-likeness (QED) is 0.678. The summed E-state index contributed by atoms with van der Waals surface area (Å²) >= 11 is 0. The number of phenolic OH excluding ortho intramolecular Hbond substituents is 1. The van der Waals surface area contributed by atoms with Gasteiger partial charge in [0.2, 0.25) is 0 Å². The van der Waals surface area contributed by atoms with Gasteiger partial charge in [-0.3, -0.25) is 4.79 Å². The zero-order chi connectivity index (χ0) is 18.1. The molecule has 0 amide bonds. The molecule has 2 N–H and O–H groups in total. The van der Waals surface area contributed by atoms with Crippen LogP contribution in [0.15, 0.2) is 45.4 Å². The molecule has 0 atom stereocenters. The topological polar surface area (TPSA) is 102 Å². The Bertz CT molecular complexity index is 1100. The molecule has 6 heteroatoms. The maximum absolute atomic E-state index is 12.0. The van der Waals surface area contributed by atoms with E-state index in [1.54, 1.807) is 13.0 Å².